The Balaban J connectivity index is 2.05. The van der Waals surface area contributed by atoms with Gasteiger partial charge in [0.15, 0.2) is 24.2 Å². The number of aliphatic hydroxyl groups is 1. The van der Waals surface area contributed by atoms with E-state index in [2.05, 4.69) is 22.5 Å². The first-order valence-electron chi connectivity index (χ1n) is 12.0. The maximum absolute atomic E-state index is 12.2. The fourth-order valence-corrected chi connectivity index (χ4v) is 3.95. The van der Waals surface area contributed by atoms with Crippen LogP contribution in [0.2, 0.25) is 0 Å². The number of nitrogens with zero attached hydrogens (tertiary/aromatic N) is 3. The van der Waals surface area contributed by atoms with Gasteiger partial charge in [0, 0.05) is 19.3 Å². The van der Waals surface area contributed by atoms with Gasteiger partial charge in [-0.05, 0) is 25.0 Å². The predicted octanol–water partition coefficient (Wildman–Crippen LogP) is 3.59. The van der Waals surface area contributed by atoms with E-state index in [-0.39, 0.29) is 36.1 Å². The van der Waals surface area contributed by atoms with Crippen LogP contribution < -0.4 is 0 Å². The smallest absolute Gasteiger partial charge is 0.229 e. The fraction of sp³-hybridized carbons (Fsp3) is 0.739. The Bertz CT molecular complexity index is 814. The molecular weight excluding hydrogens is 462 g/mol. The van der Waals surface area contributed by atoms with E-state index in [0.29, 0.717) is 19.3 Å². The van der Waals surface area contributed by atoms with Gasteiger partial charge in [-0.3, -0.25) is 9.59 Å². The van der Waals surface area contributed by atoms with E-state index in [1.165, 1.54) is 12.2 Å². The Kier molecular flexibility index (Phi) is 12.3. The molecule has 2 aliphatic rings. The minimum atomic E-state index is -1.67. The van der Waals surface area contributed by atoms with Crippen molar-refractivity contribution >= 4 is 11.6 Å². The molecule has 5 atom stereocenters. The van der Waals surface area contributed by atoms with Crippen LogP contribution in [0.4, 0.5) is 0 Å². The Morgan fingerprint density at radius 2 is 1.77 bits per heavy atom. The second kappa shape index (κ2) is 15.2. The lowest BCUT2D eigenvalue weighted by Crippen LogP contribution is -2.57. The van der Waals surface area contributed by atoms with Crippen molar-refractivity contribution in [3.05, 3.63) is 38.4 Å². The molecule has 0 spiro atoms. The molecule has 0 radical (unpaired) electrons. The van der Waals surface area contributed by atoms with Crippen LogP contribution in [0.1, 0.15) is 64.7 Å². The molecule has 12 heteroatoms. The van der Waals surface area contributed by atoms with Crippen molar-refractivity contribution < 1.29 is 28.9 Å². The average Bonchev–Trinajstić information content (AvgIpc) is 3.02. The summed E-state index contributed by atoms with van der Waals surface area (Å²) in [6, 6.07) is -2.93. The van der Waals surface area contributed by atoms with Crippen LogP contribution >= 0.6 is 0 Å². The van der Waals surface area contributed by atoms with Gasteiger partial charge in [-0.1, -0.05) is 48.1 Å². The third kappa shape index (κ3) is 8.70. The molecule has 2 heterocycles. The van der Waals surface area contributed by atoms with Crippen molar-refractivity contribution in [1.82, 2.24) is 0 Å². The van der Waals surface area contributed by atoms with Gasteiger partial charge in [0.1, 0.15) is 36.3 Å². The van der Waals surface area contributed by atoms with E-state index in [0.717, 1.165) is 32.1 Å². The van der Waals surface area contributed by atoms with Gasteiger partial charge in [-0.25, -0.2) is 0 Å². The zero-order valence-corrected chi connectivity index (χ0v) is 19.9. The third-order valence-corrected chi connectivity index (χ3v) is 5.91. The van der Waals surface area contributed by atoms with Crippen LogP contribution in [0.5, 0.6) is 0 Å². The lowest BCUT2D eigenvalue weighted by molar-refractivity contribution is -0.231. The topological polar surface area (TPSA) is 170 Å². The van der Waals surface area contributed by atoms with E-state index < -0.39 is 37.1 Å². The predicted molar refractivity (Wildman–Crippen MR) is 125 cm³/mol. The maximum Gasteiger partial charge on any atom is 0.229 e. The third-order valence-electron chi connectivity index (χ3n) is 5.91. The van der Waals surface area contributed by atoms with Crippen molar-refractivity contribution in [3.63, 3.8) is 0 Å². The number of aliphatic hydroxyl groups excluding tert-OH is 1. The number of unbranched alkanes of at least 4 members (excludes halogenated alkanes) is 4. The summed E-state index contributed by atoms with van der Waals surface area (Å²) in [5.41, 5.74) is 0. The molecule has 194 valence electrons. The number of rotatable bonds is 16. The summed E-state index contributed by atoms with van der Waals surface area (Å²) in [5, 5.41) is 18.7. The van der Waals surface area contributed by atoms with E-state index >= 15 is 0 Å². The van der Waals surface area contributed by atoms with Gasteiger partial charge in [-0.15, -0.1) is 0 Å². The normalized spacial score (nSPS) is 26.6. The Hall–Kier alpha value is -2.86. The molecule has 2 rings (SSSR count). The number of Topliss-reactive ketones (excluding diaryl/α,β-unsaturated/α-hetero) is 1. The second-order valence-corrected chi connectivity index (χ2v) is 8.59. The highest BCUT2D eigenvalue weighted by molar-refractivity contribution is 5.91. The summed E-state index contributed by atoms with van der Waals surface area (Å²) in [6.07, 6.45) is 5.09. The van der Waals surface area contributed by atoms with Crippen LogP contribution in [-0.2, 0) is 23.8 Å². The molecule has 1 N–H and O–H groups in total. The first kappa shape index (κ1) is 28.4. The van der Waals surface area contributed by atoms with E-state index in [1.807, 2.05) is 0 Å². The number of ketones is 2. The molecule has 1 saturated heterocycles. The monoisotopic (exact) mass is 495 g/mol. The van der Waals surface area contributed by atoms with Crippen molar-refractivity contribution in [2.45, 2.75) is 95.3 Å². The van der Waals surface area contributed by atoms with Crippen LogP contribution in [0.3, 0.4) is 0 Å². The fourth-order valence-electron chi connectivity index (χ4n) is 3.95. The Morgan fingerprint density at radius 3 is 2.46 bits per heavy atom. The van der Waals surface area contributed by atoms with Gasteiger partial charge in [0.25, 0.3) is 0 Å². The molecule has 1 fully saturated rings. The van der Waals surface area contributed by atoms with Crippen LogP contribution in [-0.4, -0.2) is 60.4 Å². The average molecular weight is 496 g/mol. The molecule has 2 aliphatic heterocycles. The van der Waals surface area contributed by atoms with Gasteiger partial charge in [0.2, 0.25) is 6.29 Å². The van der Waals surface area contributed by atoms with Gasteiger partial charge in [0.05, 0.1) is 0 Å². The molecule has 35 heavy (non-hydrogen) atoms. The number of ether oxygens (including phenoxy) is 3. The van der Waals surface area contributed by atoms with Crippen molar-refractivity contribution in [2.24, 2.45) is 15.5 Å². The lowest BCUT2D eigenvalue weighted by atomic mass is 9.95. The Morgan fingerprint density at radius 1 is 1.06 bits per heavy atom. The minimum absolute atomic E-state index is 0.0619. The first-order valence-corrected chi connectivity index (χ1v) is 12.0. The Labute approximate surface area is 203 Å². The molecule has 0 bridgehead atoms. The molecule has 3 unspecified atom stereocenters. The second-order valence-electron chi connectivity index (χ2n) is 8.59. The largest absolute Gasteiger partial charge is 0.486 e. The zero-order valence-electron chi connectivity index (χ0n) is 19.9. The summed E-state index contributed by atoms with van der Waals surface area (Å²) in [5.74, 6) is 0.157. The highest BCUT2D eigenvalue weighted by atomic mass is 16.7. The minimum Gasteiger partial charge on any atom is -0.486 e. The van der Waals surface area contributed by atoms with Crippen molar-refractivity contribution in [2.75, 3.05) is 13.2 Å². The standard InChI is InChI=1S/C23H33N3O9/c1-2-3-4-5-6-8-15(27)9-7-10-17-18(12-11-16(28)14-33-17)34-23-22(29)21(26-32)20(25-31)19(35-23)13-24-30/h11-12,19-23,29H,2-10,13-14H2,1H3/t19-,20?,21?,22?,23-/m0/s1. The number of hydrogen-bond acceptors (Lipinski definition) is 12. The molecule has 0 saturated carbocycles. The first-order chi connectivity index (χ1) is 16.9. The van der Waals surface area contributed by atoms with E-state index in [9.17, 15) is 29.4 Å². The maximum atomic E-state index is 12.2. The van der Waals surface area contributed by atoms with E-state index in [4.69, 9.17) is 14.2 Å². The number of allylic oxidation sites excluding steroid dienone is 2. The number of hydrogen-bond donors (Lipinski definition) is 1. The van der Waals surface area contributed by atoms with Crippen molar-refractivity contribution in [1.29, 1.82) is 0 Å². The SMILES string of the molecule is CCCCCCCC(=O)CCCC1=C(O[C@H]2O[C@@H](CN=O)C(N=O)C(N=O)C2O)C=CC(=O)CO1. The van der Waals surface area contributed by atoms with Gasteiger partial charge < -0.3 is 19.3 Å². The number of carbonyl (C=O) groups excluding carboxylic acids is 2. The van der Waals surface area contributed by atoms with Gasteiger partial charge in [-0.2, -0.15) is 14.7 Å². The molecule has 12 nitrogen and oxygen atoms in total. The quantitative estimate of drug-likeness (QED) is 0.248. The van der Waals surface area contributed by atoms with Gasteiger partial charge >= 0.3 is 0 Å². The molecule has 0 aromatic heterocycles. The summed E-state index contributed by atoms with van der Waals surface area (Å²) in [4.78, 5) is 57.2. The number of carbonyl (C=O) groups is 2. The highest BCUT2D eigenvalue weighted by Crippen LogP contribution is 2.30. The summed E-state index contributed by atoms with van der Waals surface area (Å²) in [6.45, 7) is 1.40. The van der Waals surface area contributed by atoms with Crippen LogP contribution in [0, 0.1) is 14.7 Å². The lowest BCUT2D eigenvalue weighted by Gasteiger charge is -2.38. The molecule has 0 aromatic rings. The molecular formula is C23H33N3O9. The van der Waals surface area contributed by atoms with E-state index in [1.54, 1.807) is 0 Å². The van der Waals surface area contributed by atoms with Crippen LogP contribution in [0.25, 0.3) is 0 Å². The number of nitroso groups, excluding NO2 is 3. The summed E-state index contributed by atoms with van der Waals surface area (Å²) >= 11 is 0. The van der Waals surface area contributed by atoms with Crippen molar-refractivity contribution in [3.8, 4) is 0 Å². The molecule has 0 amide bonds. The van der Waals surface area contributed by atoms with Crippen LogP contribution in [0.15, 0.2) is 39.2 Å². The highest BCUT2D eigenvalue weighted by Gasteiger charge is 2.49. The summed E-state index contributed by atoms with van der Waals surface area (Å²) < 4.78 is 16.8. The summed E-state index contributed by atoms with van der Waals surface area (Å²) in [7, 11) is 0. The zero-order chi connectivity index (χ0) is 25.6. The molecule has 0 aliphatic carbocycles. The molecule has 0 aromatic carbocycles.